The van der Waals surface area contributed by atoms with Crippen LogP contribution in [0.2, 0.25) is 0 Å². The van der Waals surface area contributed by atoms with Crippen molar-refractivity contribution in [3.05, 3.63) is 97.2 Å². The summed E-state index contributed by atoms with van der Waals surface area (Å²) in [7, 11) is 0. The first-order valence-electron chi connectivity index (χ1n) is 23.0. The molecule has 4 heteroatoms. The molecule has 3 N–H and O–H groups in total. The third-order valence-corrected chi connectivity index (χ3v) is 9.82. The van der Waals surface area contributed by atoms with E-state index in [1.165, 1.54) is 109 Å². The van der Waals surface area contributed by atoms with Crippen molar-refractivity contribution in [3.8, 4) is 0 Å². The minimum atomic E-state index is -0.843. The van der Waals surface area contributed by atoms with Crippen LogP contribution in [0.1, 0.15) is 200 Å². The first kappa shape index (κ1) is 52.3. The Labute approximate surface area is 341 Å². The zero-order valence-corrected chi connectivity index (χ0v) is 35.9. The SMILES string of the molecule is CC/C=C\C/C=C\C/C=C\C/C=C\C/C=C\C/C=C\C/C=C\CCCCCCCCCCCCCC(=O)NC(CO)C(O)/C=C/CCCCCCCCCC. The Hall–Kier alpha value is -2.69. The predicted molar refractivity (Wildman–Crippen MR) is 243 cm³/mol. The third kappa shape index (κ3) is 42.3. The van der Waals surface area contributed by atoms with Crippen LogP contribution in [0.3, 0.4) is 0 Å². The van der Waals surface area contributed by atoms with Gasteiger partial charge in [-0.1, -0.05) is 214 Å². The maximum atomic E-state index is 12.4. The molecule has 0 aromatic rings. The molecular weight excluding hydrogens is 675 g/mol. The number of amides is 1. The minimum absolute atomic E-state index is 0.0741. The lowest BCUT2D eigenvalue weighted by molar-refractivity contribution is -0.123. The highest BCUT2D eigenvalue weighted by Crippen LogP contribution is 2.14. The van der Waals surface area contributed by atoms with Crippen LogP contribution in [0.25, 0.3) is 0 Å². The van der Waals surface area contributed by atoms with E-state index in [4.69, 9.17) is 0 Å². The molecule has 0 fully saturated rings. The van der Waals surface area contributed by atoms with E-state index in [9.17, 15) is 15.0 Å². The maximum Gasteiger partial charge on any atom is 0.220 e. The van der Waals surface area contributed by atoms with E-state index in [1.54, 1.807) is 6.08 Å². The number of aliphatic hydroxyl groups is 2. The van der Waals surface area contributed by atoms with Crippen LogP contribution in [-0.4, -0.2) is 34.9 Å². The number of nitrogens with one attached hydrogen (secondary N) is 1. The summed E-state index contributed by atoms with van der Waals surface area (Å²) in [4.78, 5) is 12.4. The normalized spacial score (nSPS) is 13.9. The first-order valence-corrected chi connectivity index (χ1v) is 23.0. The average molecular weight is 762 g/mol. The molecule has 55 heavy (non-hydrogen) atoms. The molecule has 0 aromatic carbocycles. The molecule has 0 aliphatic rings. The van der Waals surface area contributed by atoms with Crippen LogP contribution >= 0.6 is 0 Å². The maximum absolute atomic E-state index is 12.4. The molecule has 0 heterocycles. The van der Waals surface area contributed by atoms with Gasteiger partial charge in [0.2, 0.25) is 5.91 Å². The molecule has 0 bridgehead atoms. The van der Waals surface area contributed by atoms with Gasteiger partial charge in [-0.15, -0.1) is 0 Å². The fraction of sp³-hybridized carbons (Fsp3) is 0.667. The molecule has 0 spiro atoms. The molecule has 0 saturated heterocycles. The van der Waals surface area contributed by atoms with Gasteiger partial charge in [0.15, 0.2) is 0 Å². The number of allylic oxidation sites excluding steroid dienone is 15. The molecule has 0 aliphatic heterocycles. The number of aliphatic hydroxyl groups excluding tert-OH is 2. The molecule has 2 unspecified atom stereocenters. The summed E-state index contributed by atoms with van der Waals surface area (Å²) in [5.74, 6) is -0.0741. The molecule has 0 saturated carbocycles. The number of hydrogen-bond acceptors (Lipinski definition) is 3. The monoisotopic (exact) mass is 762 g/mol. The van der Waals surface area contributed by atoms with E-state index in [-0.39, 0.29) is 12.5 Å². The lowest BCUT2D eigenvalue weighted by atomic mass is 10.0. The Morgan fingerprint density at radius 1 is 0.455 bits per heavy atom. The number of rotatable bonds is 40. The molecule has 1 amide bonds. The lowest BCUT2D eigenvalue weighted by Gasteiger charge is -2.20. The van der Waals surface area contributed by atoms with Crippen molar-refractivity contribution in [2.24, 2.45) is 0 Å². The third-order valence-electron chi connectivity index (χ3n) is 9.82. The molecule has 0 aliphatic carbocycles. The van der Waals surface area contributed by atoms with Crippen molar-refractivity contribution >= 4 is 5.91 Å². The minimum Gasteiger partial charge on any atom is -0.394 e. The van der Waals surface area contributed by atoms with E-state index < -0.39 is 12.1 Å². The molecule has 2 atom stereocenters. The molecule has 0 radical (unpaired) electrons. The van der Waals surface area contributed by atoms with Crippen molar-refractivity contribution in [2.75, 3.05) is 6.61 Å². The van der Waals surface area contributed by atoms with E-state index >= 15 is 0 Å². The van der Waals surface area contributed by atoms with Gasteiger partial charge in [0, 0.05) is 6.42 Å². The topological polar surface area (TPSA) is 69.6 Å². The number of carbonyl (C=O) groups is 1. The van der Waals surface area contributed by atoms with E-state index in [1.807, 2.05) is 6.08 Å². The molecule has 0 aromatic heterocycles. The van der Waals surface area contributed by atoms with Gasteiger partial charge in [0.1, 0.15) is 0 Å². The highest BCUT2D eigenvalue weighted by atomic mass is 16.3. The summed E-state index contributed by atoms with van der Waals surface area (Å²) in [6, 6.07) is -0.627. The van der Waals surface area contributed by atoms with Crippen molar-refractivity contribution in [3.63, 3.8) is 0 Å². The van der Waals surface area contributed by atoms with Crippen LogP contribution < -0.4 is 5.32 Å². The van der Waals surface area contributed by atoms with Gasteiger partial charge in [-0.3, -0.25) is 4.79 Å². The van der Waals surface area contributed by atoms with Gasteiger partial charge in [-0.05, 0) is 77.0 Å². The Morgan fingerprint density at radius 2 is 0.800 bits per heavy atom. The summed E-state index contributed by atoms with van der Waals surface area (Å²) >= 11 is 0. The molecular formula is C51H87NO3. The quantitative estimate of drug-likeness (QED) is 0.0430. The van der Waals surface area contributed by atoms with Gasteiger partial charge in [0.05, 0.1) is 18.8 Å². The first-order chi connectivity index (χ1) is 27.2. The van der Waals surface area contributed by atoms with Gasteiger partial charge in [-0.2, -0.15) is 0 Å². The van der Waals surface area contributed by atoms with Crippen LogP contribution in [0, 0.1) is 0 Å². The zero-order chi connectivity index (χ0) is 40.0. The van der Waals surface area contributed by atoms with Crippen LogP contribution in [-0.2, 0) is 4.79 Å². The smallest absolute Gasteiger partial charge is 0.220 e. The second-order valence-corrected chi connectivity index (χ2v) is 15.1. The lowest BCUT2D eigenvalue weighted by Crippen LogP contribution is -2.45. The van der Waals surface area contributed by atoms with Crippen molar-refractivity contribution < 1.29 is 15.0 Å². The number of unbranched alkanes of at least 4 members (excludes halogenated alkanes) is 19. The Balaban J connectivity index is 3.58. The summed E-state index contributed by atoms with van der Waals surface area (Å²) in [5.41, 5.74) is 0. The Bertz CT molecular complexity index is 1050. The Kier molecular flexibility index (Phi) is 43.5. The summed E-state index contributed by atoms with van der Waals surface area (Å²) in [5, 5.41) is 22.9. The van der Waals surface area contributed by atoms with E-state index in [0.29, 0.717) is 6.42 Å². The van der Waals surface area contributed by atoms with Gasteiger partial charge in [0.25, 0.3) is 0 Å². The predicted octanol–water partition coefficient (Wildman–Crippen LogP) is 14.6. The highest BCUT2D eigenvalue weighted by Gasteiger charge is 2.17. The van der Waals surface area contributed by atoms with Crippen molar-refractivity contribution in [1.82, 2.24) is 5.32 Å². The summed E-state index contributed by atoms with van der Waals surface area (Å²) in [6.07, 6.45) is 68.1. The Morgan fingerprint density at radius 3 is 1.20 bits per heavy atom. The second-order valence-electron chi connectivity index (χ2n) is 15.1. The molecule has 314 valence electrons. The van der Waals surface area contributed by atoms with Crippen LogP contribution in [0.4, 0.5) is 0 Å². The fourth-order valence-corrected chi connectivity index (χ4v) is 6.33. The standard InChI is InChI=1S/C51H87NO3/c1-3-5-7-9-11-13-15-16-17-18-19-20-21-22-23-24-25-26-27-28-29-30-31-32-33-34-35-36-37-39-41-43-45-47-51(55)52-49(48-53)50(54)46-44-42-40-38-14-12-10-8-6-4-2/h5,7,11,13,16-17,19-20,22-23,25-26,28-29,44,46,49-50,53-54H,3-4,6,8-10,12,14-15,18,21,24,27,30-43,45,47-48H2,1-2H3,(H,52,55)/b7-5-,13-11-,17-16-,20-19-,23-22-,26-25-,29-28-,46-44+. The van der Waals surface area contributed by atoms with Gasteiger partial charge < -0.3 is 15.5 Å². The van der Waals surface area contributed by atoms with Crippen LogP contribution in [0.15, 0.2) is 97.2 Å². The van der Waals surface area contributed by atoms with Crippen molar-refractivity contribution in [2.45, 2.75) is 212 Å². The van der Waals surface area contributed by atoms with E-state index in [0.717, 1.165) is 70.6 Å². The number of hydrogen-bond donors (Lipinski definition) is 3. The van der Waals surface area contributed by atoms with E-state index in [2.05, 4.69) is 104 Å². The second kappa shape index (κ2) is 45.7. The number of carbonyl (C=O) groups excluding carboxylic acids is 1. The largest absolute Gasteiger partial charge is 0.394 e. The van der Waals surface area contributed by atoms with Gasteiger partial charge in [-0.25, -0.2) is 0 Å². The molecule has 4 nitrogen and oxygen atoms in total. The average Bonchev–Trinajstić information content (AvgIpc) is 3.19. The fourth-order valence-electron chi connectivity index (χ4n) is 6.33. The molecule has 0 rings (SSSR count). The highest BCUT2D eigenvalue weighted by molar-refractivity contribution is 5.76. The van der Waals surface area contributed by atoms with Gasteiger partial charge >= 0.3 is 0 Å². The summed E-state index contributed by atoms with van der Waals surface area (Å²) in [6.45, 7) is 4.16. The van der Waals surface area contributed by atoms with Crippen LogP contribution in [0.5, 0.6) is 0 Å². The van der Waals surface area contributed by atoms with Crippen molar-refractivity contribution in [1.29, 1.82) is 0 Å². The summed E-state index contributed by atoms with van der Waals surface area (Å²) < 4.78 is 0. The zero-order valence-electron chi connectivity index (χ0n) is 35.9.